The van der Waals surface area contributed by atoms with Crippen molar-refractivity contribution in [2.75, 3.05) is 18.1 Å². The molecule has 0 spiro atoms. The van der Waals surface area contributed by atoms with Gasteiger partial charge in [0, 0.05) is 21.9 Å². The Balaban J connectivity index is 1.32. The van der Waals surface area contributed by atoms with E-state index in [-0.39, 0.29) is 30.6 Å². The summed E-state index contributed by atoms with van der Waals surface area (Å²) in [6, 6.07) is 22.2. The number of fused-ring (bicyclic) bond motifs is 2. The quantitative estimate of drug-likeness (QED) is 0.258. The van der Waals surface area contributed by atoms with E-state index in [1.807, 2.05) is 60.0 Å². The lowest BCUT2D eigenvalue weighted by atomic mass is 10.1. The van der Waals surface area contributed by atoms with Crippen LogP contribution in [0, 0.1) is 0 Å². The van der Waals surface area contributed by atoms with Crippen molar-refractivity contribution in [3.8, 4) is 27.6 Å². The summed E-state index contributed by atoms with van der Waals surface area (Å²) < 4.78 is 11.3. The second kappa shape index (κ2) is 8.69. The number of Topliss-reactive ketones (excluding diaryl/α,β-unsaturated/α-hetero) is 1. The average molecular weight is 501 g/mol. The zero-order chi connectivity index (χ0) is 23.9. The van der Waals surface area contributed by atoms with Crippen molar-refractivity contribution in [3.05, 3.63) is 89.0 Å². The molecule has 0 saturated heterocycles. The van der Waals surface area contributed by atoms with E-state index in [9.17, 15) is 9.59 Å². The lowest BCUT2D eigenvalue weighted by molar-refractivity contribution is -0.121. The lowest BCUT2D eigenvalue weighted by Gasteiger charge is -2.29. The van der Waals surface area contributed by atoms with Gasteiger partial charge in [0.25, 0.3) is 5.91 Å². The number of nitrogens with zero attached hydrogens (tertiary/aromatic N) is 2. The first-order chi connectivity index (χ1) is 17.1. The summed E-state index contributed by atoms with van der Waals surface area (Å²) >= 11 is 7.82. The number of amides is 1. The number of hydrogen-bond acceptors (Lipinski definition) is 6. The van der Waals surface area contributed by atoms with Gasteiger partial charge in [-0.3, -0.25) is 14.5 Å². The Labute approximate surface area is 209 Å². The smallest absolute Gasteiger partial charge is 0.265 e. The van der Waals surface area contributed by atoms with Gasteiger partial charge in [-0.05, 0) is 36.4 Å². The SMILES string of the molecule is O=C(CN1C(=O)COc2ccc(-c3csc(-c4ccccc4Cl)n3)cc21)c1cc2ccccc2o1. The second-order valence-corrected chi connectivity index (χ2v) is 9.31. The minimum Gasteiger partial charge on any atom is -0.482 e. The highest BCUT2D eigenvalue weighted by molar-refractivity contribution is 7.13. The number of ether oxygens (including phenoxy) is 1. The van der Waals surface area contributed by atoms with Crippen LogP contribution in [0.3, 0.4) is 0 Å². The van der Waals surface area contributed by atoms with Crippen LogP contribution in [0.1, 0.15) is 10.6 Å². The maximum atomic E-state index is 13.0. The van der Waals surface area contributed by atoms with Gasteiger partial charge in [0.2, 0.25) is 5.78 Å². The number of aromatic nitrogens is 1. The van der Waals surface area contributed by atoms with E-state index in [4.69, 9.17) is 25.7 Å². The number of anilines is 1. The second-order valence-electron chi connectivity index (χ2n) is 8.04. The molecule has 0 saturated carbocycles. The maximum Gasteiger partial charge on any atom is 0.265 e. The monoisotopic (exact) mass is 500 g/mol. The lowest BCUT2D eigenvalue weighted by Crippen LogP contribution is -2.42. The average Bonchev–Trinajstić information content (AvgIpc) is 3.53. The minimum absolute atomic E-state index is 0.132. The van der Waals surface area contributed by atoms with Gasteiger partial charge in [0.15, 0.2) is 12.4 Å². The number of ketones is 1. The van der Waals surface area contributed by atoms with E-state index in [1.165, 1.54) is 16.2 Å². The third-order valence-corrected chi connectivity index (χ3v) is 7.01. The molecule has 35 heavy (non-hydrogen) atoms. The molecule has 3 heterocycles. The third kappa shape index (κ3) is 3.99. The van der Waals surface area contributed by atoms with Crippen LogP contribution in [0.4, 0.5) is 5.69 Å². The molecule has 0 atom stereocenters. The molecule has 1 aliphatic rings. The van der Waals surface area contributed by atoms with Crippen LogP contribution in [0.2, 0.25) is 5.02 Å². The summed E-state index contributed by atoms with van der Waals surface area (Å²) in [5.74, 6) is 0.163. The number of thiazole rings is 1. The van der Waals surface area contributed by atoms with Gasteiger partial charge < -0.3 is 9.15 Å². The van der Waals surface area contributed by atoms with Gasteiger partial charge in [0.1, 0.15) is 16.3 Å². The number of rotatable bonds is 5. The molecule has 1 aliphatic heterocycles. The molecule has 1 amide bonds. The van der Waals surface area contributed by atoms with E-state index in [0.717, 1.165) is 27.2 Å². The molecule has 0 N–H and O–H groups in total. The first kappa shape index (κ1) is 21.6. The van der Waals surface area contributed by atoms with E-state index in [0.29, 0.717) is 22.0 Å². The Hall–Kier alpha value is -3.94. The highest BCUT2D eigenvalue weighted by Gasteiger charge is 2.29. The highest BCUT2D eigenvalue weighted by atomic mass is 35.5. The van der Waals surface area contributed by atoms with Crippen molar-refractivity contribution in [1.29, 1.82) is 0 Å². The summed E-state index contributed by atoms with van der Waals surface area (Å²) in [5.41, 5.74) is 3.56. The molecule has 6 rings (SSSR count). The standard InChI is InChI=1S/C27H17ClN2O4S/c28-19-7-3-2-6-18(19)27-29-20(15-35-27)16-9-10-24-21(11-16)30(26(32)14-33-24)13-22(31)25-12-17-5-1-4-8-23(17)34-25/h1-12,15H,13-14H2. The van der Waals surface area contributed by atoms with Gasteiger partial charge in [-0.2, -0.15) is 0 Å². The van der Waals surface area contributed by atoms with E-state index in [1.54, 1.807) is 18.2 Å². The molecule has 6 nitrogen and oxygen atoms in total. The maximum absolute atomic E-state index is 13.0. The van der Waals surface area contributed by atoms with Gasteiger partial charge in [0.05, 0.1) is 22.9 Å². The number of halogens is 1. The molecule has 0 radical (unpaired) electrons. The topological polar surface area (TPSA) is 72.6 Å². The van der Waals surface area contributed by atoms with Crippen LogP contribution < -0.4 is 9.64 Å². The van der Waals surface area contributed by atoms with Crippen LogP contribution in [-0.2, 0) is 4.79 Å². The fourth-order valence-electron chi connectivity index (χ4n) is 4.04. The zero-order valence-electron chi connectivity index (χ0n) is 18.2. The molecule has 5 aromatic rings. The van der Waals surface area contributed by atoms with Gasteiger partial charge >= 0.3 is 0 Å². The first-order valence-electron chi connectivity index (χ1n) is 10.9. The predicted molar refractivity (Wildman–Crippen MR) is 136 cm³/mol. The summed E-state index contributed by atoms with van der Waals surface area (Å²) in [6.07, 6.45) is 0. The Kier molecular flexibility index (Phi) is 5.36. The van der Waals surface area contributed by atoms with Crippen LogP contribution in [-0.4, -0.2) is 29.8 Å². The minimum atomic E-state index is -0.297. The first-order valence-corrected chi connectivity index (χ1v) is 12.1. The number of para-hydroxylation sites is 1. The molecular formula is C27H17ClN2O4S. The summed E-state index contributed by atoms with van der Waals surface area (Å²) in [7, 11) is 0. The highest BCUT2D eigenvalue weighted by Crippen LogP contribution is 2.38. The number of benzene rings is 3. The number of carbonyl (C=O) groups is 2. The van der Waals surface area contributed by atoms with Crippen molar-refractivity contribution in [2.45, 2.75) is 0 Å². The predicted octanol–water partition coefficient (Wildman–Crippen LogP) is 6.49. The largest absolute Gasteiger partial charge is 0.482 e. The van der Waals surface area contributed by atoms with Crippen LogP contribution >= 0.6 is 22.9 Å². The van der Waals surface area contributed by atoms with Crippen LogP contribution in [0.15, 0.2) is 82.6 Å². The van der Waals surface area contributed by atoms with Crippen LogP contribution in [0.25, 0.3) is 32.8 Å². The van der Waals surface area contributed by atoms with Crippen molar-refractivity contribution in [2.24, 2.45) is 0 Å². The summed E-state index contributed by atoms with van der Waals surface area (Å²) in [6.45, 7) is -0.284. The van der Waals surface area contributed by atoms with Crippen molar-refractivity contribution in [1.82, 2.24) is 4.98 Å². The molecule has 0 aliphatic carbocycles. The van der Waals surface area contributed by atoms with Gasteiger partial charge in [-0.1, -0.05) is 48.0 Å². The molecule has 0 unspecified atom stereocenters. The Morgan fingerprint density at radius 3 is 2.74 bits per heavy atom. The van der Waals surface area contributed by atoms with E-state index < -0.39 is 0 Å². The van der Waals surface area contributed by atoms with Crippen molar-refractivity contribution >= 4 is 51.3 Å². The molecular weight excluding hydrogens is 484 g/mol. The Bertz CT molecular complexity index is 1570. The van der Waals surface area contributed by atoms with Crippen molar-refractivity contribution in [3.63, 3.8) is 0 Å². The number of carbonyl (C=O) groups excluding carboxylic acids is 2. The summed E-state index contributed by atoms with van der Waals surface area (Å²) in [4.78, 5) is 32.0. The molecule has 0 bridgehead atoms. The molecule has 8 heteroatoms. The molecule has 3 aromatic carbocycles. The van der Waals surface area contributed by atoms with Gasteiger partial charge in [-0.25, -0.2) is 4.98 Å². The van der Waals surface area contributed by atoms with Gasteiger partial charge in [-0.15, -0.1) is 11.3 Å². The Morgan fingerprint density at radius 1 is 1.06 bits per heavy atom. The zero-order valence-corrected chi connectivity index (χ0v) is 19.8. The number of hydrogen-bond donors (Lipinski definition) is 0. The summed E-state index contributed by atoms with van der Waals surface area (Å²) in [5, 5.41) is 4.21. The van der Waals surface area contributed by atoms with Crippen molar-refractivity contribution < 1.29 is 18.7 Å². The number of furan rings is 1. The fraction of sp³-hybridized carbons (Fsp3) is 0.0741. The normalized spacial score (nSPS) is 13.1. The molecule has 0 fully saturated rings. The van der Waals surface area contributed by atoms with E-state index >= 15 is 0 Å². The fourth-order valence-corrected chi connectivity index (χ4v) is 5.19. The van der Waals surface area contributed by atoms with Crippen LogP contribution in [0.5, 0.6) is 5.75 Å². The Morgan fingerprint density at radius 2 is 1.89 bits per heavy atom. The van der Waals surface area contributed by atoms with E-state index in [2.05, 4.69) is 0 Å². The molecule has 172 valence electrons. The third-order valence-electron chi connectivity index (χ3n) is 5.81. The molecule has 2 aromatic heterocycles.